The summed E-state index contributed by atoms with van der Waals surface area (Å²) in [6, 6.07) is 28.2. The highest BCUT2D eigenvalue weighted by Crippen LogP contribution is 2.33. The van der Waals surface area contributed by atoms with E-state index >= 15 is 0 Å². The Morgan fingerprint density at radius 3 is 2.15 bits per heavy atom. The number of hydrogen-bond acceptors (Lipinski definition) is 5. The van der Waals surface area contributed by atoms with E-state index in [1.54, 1.807) is 11.3 Å². The van der Waals surface area contributed by atoms with E-state index in [0.29, 0.717) is 6.54 Å². The second kappa shape index (κ2) is 10.3. The summed E-state index contributed by atoms with van der Waals surface area (Å²) in [4.78, 5) is 23.3. The molecule has 5 nitrogen and oxygen atoms in total. The number of carbonyl (C=O) groups excluding carboxylic acids is 1. The summed E-state index contributed by atoms with van der Waals surface area (Å²) in [6.07, 6.45) is 0. The van der Waals surface area contributed by atoms with Crippen molar-refractivity contribution in [3.05, 3.63) is 96.1 Å². The molecule has 0 radical (unpaired) electrons. The second-order valence-electron chi connectivity index (χ2n) is 8.16. The molecule has 1 aliphatic rings. The van der Waals surface area contributed by atoms with Gasteiger partial charge in [0.05, 0.1) is 29.3 Å². The van der Waals surface area contributed by atoms with Crippen LogP contribution in [-0.2, 0) is 9.53 Å². The van der Waals surface area contributed by atoms with Crippen LogP contribution in [0, 0.1) is 0 Å². The molecule has 33 heavy (non-hydrogen) atoms. The minimum absolute atomic E-state index is 0.0553. The lowest BCUT2D eigenvalue weighted by molar-refractivity contribution is -0.119. The first-order valence-corrected chi connectivity index (χ1v) is 12.2. The summed E-state index contributed by atoms with van der Waals surface area (Å²) in [6.45, 7) is 4.65. The number of aromatic nitrogens is 1. The van der Waals surface area contributed by atoms with Gasteiger partial charge < -0.3 is 4.74 Å². The maximum absolute atomic E-state index is 14.2. The monoisotopic (exact) mass is 457 g/mol. The summed E-state index contributed by atoms with van der Waals surface area (Å²) in [5.41, 5.74) is 2.91. The van der Waals surface area contributed by atoms with Gasteiger partial charge in [-0.25, -0.2) is 4.98 Å². The third kappa shape index (κ3) is 4.98. The zero-order valence-corrected chi connectivity index (χ0v) is 19.3. The number of morpholine rings is 1. The van der Waals surface area contributed by atoms with Crippen LogP contribution in [0.5, 0.6) is 0 Å². The van der Waals surface area contributed by atoms with E-state index in [0.717, 1.165) is 59.3 Å². The number of fused-ring (bicyclic) bond motifs is 1. The van der Waals surface area contributed by atoms with Crippen LogP contribution in [-0.4, -0.2) is 55.2 Å². The number of benzene rings is 3. The van der Waals surface area contributed by atoms with Gasteiger partial charge in [-0.1, -0.05) is 84.1 Å². The number of para-hydroxylation sites is 1. The Balaban J connectivity index is 1.52. The molecule has 6 heteroatoms. The first-order valence-electron chi connectivity index (χ1n) is 11.4. The summed E-state index contributed by atoms with van der Waals surface area (Å²) in [7, 11) is 0. The maximum Gasteiger partial charge on any atom is 0.240 e. The molecule has 1 amide bonds. The molecule has 1 saturated heterocycles. The lowest BCUT2D eigenvalue weighted by Gasteiger charge is -2.31. The lowest BCUT2D eigenvalue weighted by Crippen LogP contribution is -2.44. The molecule has 168 valence electrons. The molecule has 0 N–H and O–H groups in total. The predicted molar refractivity (Wildman–Crippen MR) is 134 cm³/mol. The van der Waals surface area contributed by atoms with Gasteiger partial charge in [0, 0.05) is 26.2 Å². The van der Waals surface area contributed by atoms with Crippen LogP contribution in [0.4, 0.5) is 5.13 Å². The van der Waals surface area contributed by atoms with E-state index in [4.69, 9.17) is 9.72 Å². The molecule has 4 aromatic rings. The van der Waals surface area contributed by atoms with Crippen molar-refractivity contribution in [2.24, 2.45) is 0 Å². The minimum atomic E-state index is -0.385. The van der Waals surface area contributed by atoms with Crippen LogP contribution in [0.2, 0.25) is 0 Å². The number of amides is 1. The Hall–Kier alpha value is -3.06. The van der Waals surface area contributed by atoms with Gasteiger partial charge in [-0.05, 0) is 23.3 Å². The molecule has 1 aromatic heterocycles. The molecule has 0 aliphatic carbocycles. The van der Waals surface area contributed by atoms with Gasteiger partial charge in [-0.3, -0.25) is 14.6 Å². The molecule has 5 rings (SSSR count). The Kier molecular flexibility index (Phi) is 6.76. The van der Waals surface area contributed by atoms with Crippen LogP contribution in [0.15, 0.2) is 84.9 Å². The van der Waals surface area contributed by atoms with Crippen molar-refractivity contribution >= 4 is 32.6 Å². The van der Waals surface area contributed by atoms with E-state index in [1.807, 2.05) is 83.8 Å². The van der Waals surface area contributed by atoms with Crippen LogP contribution < -0.4 is 4.90 Å². The van der Waals surface area contributed by atoms with Crippen molar-refractivity contribution in [3.63, 3.8) is 0 Å². The van der Waals surface area contributed by atoms with Gasteiger partial charge in [0.1, 0.15) is 0 Å². The third-order valence-corrected chi connectivity index (χ3v) is 7.10. The molecular weight excluding hydrogens is 430 g/mol. The molecule has 2 heterocycles. The van der Waals surface area contributed by atoms with Gasteiger partial charge in [0.15, 0.2) is 5.13 Å². The van der Waals surface area contributed by atoms with Crippen molar-refractivity contribution in [2.75, 3.05) is 44.3 Å². The summed E-state index contributed by atoms with van der Waals surface area (Å²) in [5, 5.41) is 0.756. The van der Waals surface area contributed by atoms with Crippen LogP contribution in [0.3, 0.4) is 0 Å². The van der Waals surface area contributed by atoms with Crippen molar-refractivity contribution in [1.82, 2.24) is 9.88 Å². The van der Waals surface area contributed by atoms with E-state index < -0.39 is 0 Å². The highest BCUT2D eigenvalue weighted by molar-refractivity contribution is 7.22. The molecule has 0 atom stereocenters. The topological polar surface area (TPSA) is 45.7 Å². The molecule has 1 fully saturated rings. The average Bonchev–Trinajstić information content (AvgIpc) is 3.30. The van der Waals surface area contributed by atoms with Gasteiger partial charge in [-0.2, -0.15) is 0 Å². The standard InChI is InChI=1S/C27H27N3O2S/c31-26(25(21-9-3-1-4-10-21)22-11-5-2-6-12-22)30(16-15-29-17-19-32-20-18-29)27-28-23-13-7-8-14-24(23)33-27/h1-14,25H,15-20H2. The minimum Gasteiger partial charge on any atom is -0.379 e. The van der Waals surface area contributed by atoms with Gasteiger partial charge in [0.2, 0.25) is 5.91 Å². The Morgan fingerprint density at radius 1 is 0.909 bits per heavy atom. The molecule has 0 spiro atoms. The zero-order chi connectivity index (χ0) is 22.5. The third-order valence-electron chi connectivity index (χ3n) is 6.04. The molecule has 0 saturated carbocycles. The largest absolute Gasteiger partial charge is 0.379 e. The fraction of sp³-hybridized carbons (Fsp3) is 0.259. The van der Waals surface area contributed by atoms with Gasteiger partial charge in [-0.15, -0.1) is 0 Å². The van der Waals surface area contributed by atoms with Crippen molar-refractivity contribution < 1.29 is 9.53 Å². The van der Waals surface area contributed by atoms with E-state index in [1.165, 1.54) is 0 Å². The van der Waals surface area contributed by atoms with Crippen LogP contribution in [0.25, 0.3) is 10.2 Å². The van der Waals surface area contributed by atoms with Gasteiger partial charge >= 0.3 is 0 Å². The second-order valence-corrected chi connectivity index (χ2v) is 9.17. The van der Waals surface area contributed by atoms with E-state index in [9.17, 15) is 4.79 Å². The number of thiazole rings is 1. The van der Waals surface area contributed by atoms with Crippen molar-refractivity contribution in [3.8, 4) is 0 Å². The molecule has 3 aromatic carbocycles. The summed E-state index contributed by atoms with van der Waals surface area (Å²) >= 11 is 1.58. The number of nitrogens with zero attached hydrogens (tertiary/aromatic N) is 3. The Bertz CT molecular complexity index is 1120. The molecular formula is C27H27N3O2S. The fourth-order valence-corrected chi connectivity index (χ4v) is 5.26. The fourth-order valence-electron chi connectivity index (χ4n) is 4.27. The quantitative estimate of drug-likeness (QED) is 0.400. The smallest absolute Gasteiger partial charge is 0.240 e. The van der Waals surface area contributed by atoms with Crippen molar-refractivity contribution in [1.29, 1.82) is 0 Å². The number of ether oxygens (including phenoxy) is 1. The highest BCUT2D eigenvalue weighted by Gasteiger charge is 2.30. The lowest BCUT2D eigenvalue weighted by atomic mass is 9.90. The first-order chi connectivity index (χ1) is 16.3. The number of carbonyl (C=O) groups is 1. The normalized spacial score (nSPS) is 14.6. The van der Waals surface area contributed by atoms with Gasteiger partial charge in [0.25, 0.3) is 0 Å². The molecule has 0 unspecified atom stereocenters. The maximum atomic E-state index is 14.2. The number of rotatable bonds is 7. The number of anilines is 1. The SMILES string of the molecule is O=C(C(c1ccccc1)c1ccccc1)N(CCN1CCOCC1)c1nc2ccccc2s1. The zero-order valence-electron chi connectivity index (χ0n) is 18.5. The number of hydrogen-bond donors (Lipinski definition) is 0. The Labute approximate surface area is 198 Å². The summed E-state index contributed by atoms with van der Waals surface area (Å²) < 4.78 is 6.59. The molecule has 0 bridgehead atoms. The van der Waals surface area contributed by atoms with Crippen LogP contribution >= 0.6 is 11.3 Å². The highest BCUT2D eigenvalue weighted by atomic mass is 32.1. The van der Waals surface area contributed by atoms with E-state index in [2.05, 4.69) is 11.0 Å². The van der Waals surface area contributed by atoms with E-state index in [-0.39, 0.29) is 11.8 Å². The Morgan fingerprint density at radius 2 is 1.52 bits per heavy atom. The predicted octanol–water partition coefficient (Wildman–Crippen LogP) is 4.79. The molecule has 1 aliphatic heterocycles. The van der Waals surface area contributed by atoms with Crippen LogP contribution in [0.1, 0.15) is 17.0 Å². The van der Waals surface area contributed by atoms with Crippen molar-refractivity contribution in [2.45, 2.75) is 5.92 Å². The summed E-state index contributed by atoms with van der Waals surface area (Å²) in [5.74, 6) is -0.330. The average molecular weight is 458 g/mol. The first kappa shape index (κ1) is 21.8.